The number of nitrogens with one attached hydrogen (secondary N) is 2. The lowest BCUT2D eigenvalue weighted by Gasteiger charge is -2.14. The molecule has 2 N–H and O–H groups in total. The summed E-state index contributed by atoms with van der Waals surface area (Å²) >= 11 is 1.01. The average Bonchev–Trinajstić information content (AvgIpc) is 3.17. The van der Waals surface area contributed by atoms with E-state index in [1.165, 1.54) is 40.6 Å². The maximum Gasteiger partial charge on any atom is 0.266 e. The number of para-hydroxylation sites is 2. The van der Waals surface area contributed by atoms with Crippen molar-refractivity contribution in [3.63, 3.8) is 0 Å². The third-order valence-corrected chi connectivity index (χ3v) is 6.18. The zero-order valence-electron chi connectivity index (χ0n) is 19.3. The minimum atomic E-state index is -0.506. The summed E-state index contributed by atoms with van der Waals surface area (Å²) < 4.78 is 21.1. The molecule has 10 heteroatoms. The second-order valence-electron chi connectivity index (χ2n) is 6.89. The van der Waals surface area contributed by atoms with Crippen molar-refractivity contribution < 1.29 is 28.5 Å². The van der Waals surface area contributed by atoms with Crippen LogP contribution in [0.4, 0.5) is 10.7 Å². The Balaban J connectivity index is 1.92. The molecule has 0 bridgehead atoms. The standard InChI is InChI=1S/C24H23N3O6S/c1-13-15(12-25)24(34-21(13)23(29)26-16-8-6-7-9-17(16)30-2)27-22(28)14-10-18(31-3)20(33-5)19(11-14)32-4/h6-11H,1-5H3,(H,26,29)(H,27,28). The third-order valence-electron chi connectivity index (χ3n) is 4.97. The van der Waals surface area contributed by atoms with Gasteiger partial charge in [0.15, 0.2) is 11.5 Å². The molecule has 0 fully saturated rings. The average molecular weight is 482 g/mol. The largest absolute Gasteiger partial charge is 0.495 e. The summed E-state index contributed by atoms with van der Waals surface area (Å²) in [5.41, 5.74) is 1.38. The molecule has 0 saturated carbocycles. The van der Waals surface area contributed by atoms with Crippen LogP contribution in [-0.4, -0.2) is 40.3 Å². The highest BCUT2D eigenvalue weighted by atomic mass is 32.1. The molecule has 34 heavy (non-hydrogen) atoms. The number of nitrogens with zero attached hydrogens (tertiary/aromatic N) is 1. The molecular formula is C24H23N3O6S. The van der Waals surface area contributed by atoms with Crippen LogP contribution in [0, 0.1) is 18.3 Å². The lowest BCUT2D eigenvalue weighted by atomic mass is 10.1. The number of amides is 2. The lowest BCUT2D eigenvalue weighted by molar-refractivity contribution is 0.101. The van der Waals surface area contributed by atoms with Gasteiger partial charge in [-0.25, -0.2) is 0 Å². The quantitative estimate of drug-likeness (QED) is 0.487. The van der Waals surface area contributed by atoms with Gasteiger partial charge in [-0.15, -0.1) is 11.3 Å². The fraction of sp³-hybridized carbons (Fsp3) is 0.208. The molecule has 3 rings (SSSR count). The number of carbonyl (C=O) groups is 2. The summed E-state index contributed by atoms with van der Waals surface area (Å²) in [4.78, 5) is 26.2. The maximum atomic E-state index is 13.0. The fourth-order valence-electron chi connectivity index (χ4n) is 3.27. The number of hydrogen-bond donors (Lipinski definition) is 2. The Hall–Kier alpha value is -4.23. The maximum absolute atomic E-state index is 13.0. The minimum absolute atomic E-state index is 0.205. The zero-order chi connectivity index (χ0) is 24.8. The van der Waals surface area contributed by atoms with Crippen LogP contribution in [0.5, 0.6) is 23.0 Å². The summed E-state index contributed by atoms with van der Waals surface area (Å²) in [6.07, 6.45) is 0. The fourth-order valence-corrected chi connectivity index (χ4v) is 4.31. The highest BCUT2D eigenvalue weighted by molar-refractivity contribution is 7.18. The van der Waals surface area contributed by atoms with Gasteiger partial charge >= 0.3 is 0 Å². The molecule has 0 saturated heterocycles. The van der Waals surface area contributed by atoms with E-state index in [1.54, 1.807) is 31.2 Å². The van der Waals surface area contributed by atoms with Crippen molar-refractivity contribution in [1.82, 2.24) is 0 Å². The minimum Gasteiger partial charge on any atom is -0.495 e. The van der Waals surface area contributed by atoms with Gasteiger partial charge in [-0.05, 0) is 36.8 Å². The molecule has 0 radical (unpaired) electrons. The molecule has 1 aromatic heterocycles. The summed E-state index contributed by atoms with van der Waals surface area (Å²) in [6.45, 7) is 1.65. The van der Waals surface area contributed by atoms with Crippen LogP contribution in [0.25, 0.3) is 0 Å². The molecule has 0 aliphatic heterocycles. The molecular weight excluding hydrogens is 458 g/mol. The molecule has 3 aromatic rings. The van der Waals surface area contributed by atoms with Gasteiger partial charge < -0.3 is 29.6 Å². The number of ether oxygens (including phenoxy) is 4. The summed E-state index contributed by atoms with van der Waals surface area (Å²) in [7, 11) is 5.86. The molecule has 0 unspecified atom stereocenters. The van der Waals surface area contributed by atoms with E-state index >= 15 is 0 Å². The van der Waals surface area contributed by atoms with E-state index in [4.69, 9.17) is 18.9 Å². The predicted octanol–water partition coefficient (Wildman–Crippen LogP) is 4.47. The predicted molar refractivity (Wildman–Crippen MR) is 129 cm³/mol. The first-order valence-corrected chi connectivity index (χ1v) is 10.8. The lowest BCUT2D eigenvalue weighted by Crippen LogP contribution is -2.12. The smallest absolute Gasteiger partial charge is 0.266 e. The second-order valence-corrected chi connectivity index (χ2v) is 7.92. The molecule has 2 aromatic carbocycles. The SMILES string of the molecule is COc1ccccc1NC(=O)c1sc(NC(=O)c2cc(OC)c(OC)c(OC)c2)c(C#N)c1C. The molecule has 9 nitrogen and oxygen atoms in total. The first kappa shape index (κ1) is 24.4. The molecule has 0 atom stereocenters. The van der Waals surface area contributed by atoms with Gasteiger partial charge in [0.25, 0.3) is 11.8 Å². The van der Waals surface area contributed by atoms with Crippen molar-refractivity contribution >= 4 is 33.8 Å². The van der Waals surface area contributed by atoms with Gasteiger partial charge in [0, 0.05) is 5.56 Å². The van der Waals surface area contributed by atoms with Crippen molar-refractivity contribution in [1.29, 1.82) is 5.26 Å². The van der Waals surface area contributed by atoms with Crippen LogP contribution >= 0.6 is 11.3 Å². The first-order chi connectivity index (χ1) is 16.4. The molecule has 0 aliphatic carbocycles. The van der Waals surface area contributed by atoms with Crippen molar-refractivity contribution in [3.05, 3.63) is 58.0 Å². The molecule has 176 valence electrons. The van der Waals surface area contributed by atoms with Gasteiger partial charge in [0.05, 0.1) is 44.6 Å². The van der Waals surface area contributed by atoms with E-state index in [9.17, 15) is 14.9 Å². The van der Waals surface area contributed by atoms with E-state index in [2.05, 4.69) is 16.7 Å². The van der Waals surface area contributed by atoms with Crippen molar-refractivity contribution in [2.24, 2.45) is 0 Å². The Morgan fingerprint density at radius 1 is 0.882 bits per heavy atom. The topological polar surface area (TPSA) is 119 Å². The number of anilines is 2. The monoisotopic (exact) mass is 481 g/mol. The molecule has 0 spiro atoms. The van der Waals surface area contributed by atoms with E-state index in [-0.39, 0.29) is 16.1 Å². The van der Waals surface area contributed by atoms with Crippen LogP contribution < -0.4 is 29.6 Å². The number of nitriles is 1. The summed E-state index contributed by atoms with van der Waals surface area (Å²) in [5.74, 6) is 0.548. The number of benzene rings is 2. The van der Waals surface area contributed by atoms with Crippen molar-refractivity contribution in [2.75, 3.05) is 39.1 Å². The zero-order valence-corrected chi connectivity index (χ0v) is 20.1. The van der Waals surface area contributed by atoms with Crippen LogP contribution in [0.15, 0.2) is 36.4 Å². The van der Waals surface area contributed by atoms with Gasteiger partial charge in [0.1, 0.15) is 16.8 Å². The van der Waals surface area contributed by atoms with Crippen LogP contribution in [0.2, 0.25) is 0 Å². The molecule has 1 heterocycles. The van der Waals surface area contributed by atoms with E-state index in [0.717, 1.165) is 11.3 Å². The number of hydrogen-bond acceptors (Lipinski definition) is 8. The Labute approximate surface area is 200 Å². The van der Waals surface area contributed by atoms with Crippen LogP contribution in [0.1, 0.15) is 31.2 Å². The Morgan fingerprint density at radius 2 is 1.50 bits per heavy atom. The van der Waals surface area contributed by atoms with Crippen molar-refractivity contribution in [2.45, 2.75) is 6.92 Å². The van der Waals surface area contributed by atoms with E-state index in [1.807, 2.05) is 0 Å². The van der Waals surface area contributed by atoms with Crippen LogP contribution in [-0.2, 0) is 0 Å². The van der Waals surface area contributed by atoms with Crippen molar-refractivity contribution in [3.8, 4) is 29.1 Å². The highest BCUT2D eigenvalue weighted by Crippen LogP contribution is 2.39. The van der Waals surface area contributed by atoms with Gasteiger partial charge in [-0.1, -0.05) is 12.1 Å². The number of rotatable bonds is 8. The summed E-state index contributed by atoms with van der Waals surface area (Å²) in [5, 5.41) is 15.4. The molecule has 0 aliphatic rings. The second kappa shape index (κ2) is 10.6. The first-order valence-electron chi connectivity index (χ1n) is 9.97. The third kappa shape index (κ3) is 4.74. The number of carbonyl (C=O) groups excluding carboxylic acids is 2. The van der Waals surface area contributed by atoms with Gasteiger partial charge in [0.2, 0.25) is 5.75 Å². The normalized spacial score (nSPS) is 10.1. The van der Waals surface area contributed by atoms with E-state index < -0.39 is 11.8 Å². The highest BCUT2D eigenvalue weighted by Gasteiger charge is 2.24. The summed E-state index contributed by atoms with van der Waals surface area (Å²) in [6, 6.07) is 12.0. The molecule has 2 amide bonds. The number of methoxy groups -OCH3 is 4. The van der Waals surface area contributed by atoms with Crippen LogP contribution in [0.3, 0.4) is 0 Å². The Morgan fingerprint density at radius 3 is 2.06 bits per heavy atom. The Kier molecular flexibility index (Phi) is 7.60. The van der Waals surface area contributed by atoms with E-state index in [0.29, 0.717) is 39.1 Å². The van der Waals surface area contributed by atoms with Gasteiger partial charge in [-0.3, -0.25) is 9.59 Å². The number of thiophene rings is 1. The van der Waals surface area contributed by atoms with Gasteiger partial charge in [-0.2, -0.15) is 5.26 Å². The Bertz CT molecular complexity index is 1250.